The second-order valence-corrected chi connectivity index (χ2v) is 5.16. The van der Waals surface area contributed by atoms with Gasteiger partial charge in [0.25, 0.3) is 0 Å². The first kappa shape index (κ1) is 15.2. The zero-order chi connectivity index (χ0) is 14.6. The summed E-state index contributed by atoms with van der Waals surface area (Å²) in [7, 11) is 3.93. The number of nitrogen functional groups attached to an aromatic ring is 1. The highest BCUT2D eigenvalue weighted by Gasteiger charge is 2.23. The van der Waals surface area contributed by atoms with E-state index in [0.717, 1.165) is 0 Å². The van der Waals surface area contributed by atoms with Gasteiger partial charge in [-0.25, -0.2) is 0 Å². The van der Waals surface area contributed by atoms with E-state index in [9.17, 15) is 10.1 Å². The van der Waals surface area contributed by atoms with Crippen LogP contribution in [0.15, 0.2) is 18.2 Å². The first-order valence-corrected chi connectivity index (χ1v) is 5.95. The monoisotopic (exact) mass is 267 g/mol. The van der Waals surface area contributed by atoms with Crippen LogP contribution in [0, 0.1) is 10.1 Å². The zero-order valence-corrected chi connectivity index (χ0v) is 11.7. The number of nitro benzene ring substituents is 1. The Balaban J connectivity index is 2.99. The van der Waals surface area contributed by atoms with E-state index in [-0.39, 0.29) is 16.9 Å². The number of hydrogen-bond acceptors (Lipinski definition) is 6. The van der Waals surface area contributed by atoms with E-state index in [1.54, 1.807) is 18.2 Å². The van der Waals surface area contributed by atoms with Gasteiger partial charge in [0.1, 0.15) is 11.4 Å². The van der Waals surface area contributed by atoms with Crippen molar-refractivity contribution in [2.75, 3.05) is 31.4 Å². The van der Waals surface area contributed by atoms with Crippen LogP contribution in [0.1, 0.15) is 13.8 Å². The van der Waals surface area contributed by atoms with Gasteiger partial charge in [0.2, 0.25) is 0 Å². The van der Waals surface area contributed by atoms with Crippen molar-refractivity contribution in [1.82, 2.24) is 4.90 Å². The first-order valence-electron chi connectivity index (χ1n) is 5.95. The third-order valence-electron chi connectivity index (χ3n) is 3.30. The van der Waals surface area contributed by atoms with Crippen LogP contribution in [0.3, 0.4) is 0 Å². The van der Waals surface area contributed by atoms with Crippen molar-refractivity contribution in [3.63, 3.8) is 0 Å². The summed E-state index contributed by atoms with van der Waals surface area (Å²) in [6.07, 6.45) is 0. The number of hydrazine groups is 1. The topological polar surface area (TPSA) is 96.5 Å². The normalized spacial score (nSPS) is 11.5. The lowest BCUT2D eigenvalue weighted by atomic mass is 10.0. The number of nitrogens with two attached hydrogens (primary N) is 1. The molecule has 4 N–H and O–H groups in total. The van der Waals surface area contributed by atoms with Gasteiger partial charge in [-0.3, -0.25) is 16.0 Å². The van der Waals surface area contributed by atoms with Crippen LogP contribution in [0.5, 0.6) is 0 Å². The standard InChI is InChI=1S/C12H21N5O2/c1-12(2,16(3)4)8-14-9-6-5-7-10(15-13)11(9)17(18)19/h5-7,14-15H,8,13H2,1-4H3. The molecule has 0 radical (unpaired) electrons. The van der Waals surface area contributed by atoms with Crippen LogP contribution in [0.25, 0.3) is 0 Å². The molecule has 0 aliphatic rings. The van der Waals surface area contributed by atoms with Crippen LogP contribution in [-0.2, 0) is 0 Å². The van der Waals surface area contributed by atoms with Crippen molar-refractivity contribution in [2.45, 2.75) is 19.4 Å². The molecule has 0 atom stereocenters. The second-order valence-electron chi connectivity index (χ2n) is 5.16. The van der Waals surface area contributed by atoms with Crippen molar-refractivity contribution in [3.05, 3.63) is 28.3 Å². The van der Waals surface area contributed by atoms with E-state index in [2.05, 4.69) is 29.5 Å². The van der Waals surface area contributed by atoms with Crippen molar-refractivity contribution in [3.8, 4) is 0 Å². The number of benzene rings is 1. The Morgan fingerprint density at radius 3 is 2.42 bits per heavy atom. The van der Waals surface area contributed by atoms with Crippen LogP contribution < -0.4 is 16.6 Å². The predicted molar refractivity (Wildman–Crippen MR) is 77.2 cm³/mol. The number of nitrogens with zero attached hydrogens (tertiary/aromatic N) is 2. The zero-order valence-electron chi connectivity index (χ0n) is 11.7. The number of nitrogens with one attached hydrogen (secondary N) is 2. The molecule has 0 spiro atoms. The number of rotatable bonds is 6. The molecule has 0 aliphatic carbocycles. The van der Waals surface area contributed by atoms with Gasteiger partial charge in [-0.1, -0.05) is 6.07 Å². The molecule has 1 aromatic rings. The Morgan fingerprint density at radius 1 is 1.37 bits per heavy atom. The molecule has 0 fully saturated rings. The summed E-state index contributed by atoms with van der Waals surface area (Å²) < 4.78 is 0. The minimum Gasteiger partial charge on any atom is -0.378 e. The molecule has 0 aromatic heterocycles. The molecule has 106 valence electrons. The average molecular weight is 267 g/mol. The molecule has 0 heterocycles. The molecule has 1 aromatic carbocycles. The van der Waals surface area contributed by atoms with Crippen molar-refractivity contribution < 1.29 is 4.92 Å². The lowest BCUT2D eigenvalue weighted by Gasteiger charge is -2.33. The van der Waals surface area contributed by atoms with Gasteiger partial charge in [-0.05, 0) is 40.1 Å². The molecular formula is C12H21N5O2. The maximum atomic E-state index is 11.1. The average Bonchev–Trinajstić information content (AvgIpc) is 2.35. The summed E-state index contributed by atoms with van der Waals surface area (Å²) >= 11 is 0. The molecule has 19 heavy (non-hydrogen) atoms. The fourth-order valence-electron chi connectivity index (χ4n) is 1.47. The van der Waals surface area contributed by atoms with Gasteiger partial charge in [0.15, 0.2) is 0 Å². The lowest BCUT2D eigenvalue weighted by Crippen LogP contribution is -2.44. The van der Waals surface area contributed by atoms with E-state index < -0.39 is 4.92 Å². The second kappa shape index (κ2) is 5.85. The third kappa shape index (κ3) is 3.55. The summed E-state index contributed by atoms with van der Waals surface area (Å²) in [5.74, 6) is 5.30. The summed E-state index contributed by atoms with van der Waals surface area (Å²) in [5.41, 5.74) is 2.92. The summed E-state index contributed by atoms with van der Waals surface area (Å²) in [4.78, 5) is 12.7. The highest BCUT2D eigenvalue weighted by atomic mass is 16.6. The molecule has 7 nitrogen and oxygen atoms in total. The highest BCUT2D eigenvalue weighted by molar-refractivity contribution is 5.75. The summed E-state index contributed by atoms with van der Waals surface area (Å²) in [6.45, 7) is 4.68. The number of anilines is 2. The molecule has 1 rings (SSSR count). The van der Waals surface area contributed by atoms with Gasteiger partial charge >= 0.3 is 5.69 Å². The Labute approximate surface area is 112 Å². The van der Waals surface area contributed by atoms with Crippen molar-refractivity contribution >= 4 is 17.1 Å². The number of para-hydroxylation sites is 1. The van der Waals surface area contributed by atoms with Gasteiger partial charge < -0.3 is 15.6 Å². The molecule has 0 bridgehead atoms. The molecule has 0 unspecified atom stereocenters. The van der Waals surface area contributed by atoms with Gasteiger partial charge in [-0.2, -0.15) is 0 Å². The van der Waals surface area contributed by atoms with Crippen LogP contribution in [0.4, 0.5) is 17.1 Å². The largest absolute Gasteiger partial charge is 0.378 e. The maximum absolute atomic E-state index is 11.1. The molecule has 0 aliphatic heterocycles. The van der Waals surface area contributed by atoms with Crippen LogP contribution in [0.2, 0.25) is 0 Å². The minimum absolute atomic E-state index is 0.0421. The van der Waals surface area contributed by atoms with E-state index >= 15 is 0 Å². The Kier molecular flexibility index (Phi) is 4.68. The number of likely N-dealkylation sites (N-methyl/N-ethyl adjacent to an activating group) is 1. The number of hydrogen-bond donors (Lipinski definition) is 3. The van der Waals surface area contributed by atoms with Crippen LogP contribution >= 0.6 is 0 Å². The first-order chi connectivity index (χ1) is 8.79. The SMILES string of the molecule is CN(C)C(C)(C)CNc1cccc(NN)c1[N+](=O)[O-]. The smallest absolute Gasteiger partial charge is 0.316 e. The maximum Gasteiger partial charge on any atom is 0.316 e. The Hall–Kier alpha value is -1.86. The van der Waals surface area contributed by atoms with E-state index in [1.165, 1.54) is 0 Å². The van der Waals surface area contributed by atoms with E-state index in [1.807, 2.05) is 14.1 Å². The molecule has 0 amide bonds. The fourth-order valence-corrected chi connectivity index (χ4v) is 1.47. The van der Waals surface area contributed by atoms with Gasteiger partial charge in [0.05, 0.1) is 4.92 Å². The van der Waals surface area contributed by atoms with E-state index in [4.69, 9.17) is 5.84 Å². The fraction of sp³-hybridized carbons (Fsp3) is 0.500. The van der Waals surface area contributed by atoms with E-state index in [0.29, 0.717) is 12.2 Å². The summed E-state index contributed by atoms with van der Waals surface area (Å²) in [5, 5.41) is 14.2. The van der Waals surface area contributed by atoms with Gasteiger partial charge in [-0.15, -0.1) is 0 Å². The molecule has 7 heteroatoms. The molecule has 0 saturated carbocycles. The Morgan fingerprint density at radius 2 is 1.95 bits per heavy atom. The Bertz CT molecular complexity index is 459. The summed E-state index contributed by atoms with van der Waals surface area (Å²) in [6, 6.07) is 4.96. The minimum atomic E-state index is -0.444. The van der Waals surface area contributed by atoms with Gasteiger partial charge in [0, 0.05) is 12.1 Å². The number of nitro groups is 1. The molecular weight excluding hydrogens is 246 g/mol. The van der Waals surface area contributed by atoms with Crippen LogP contribution in [-0.4, -0.2) is 36.0 Å². The quantitative estimate of drug-likeness (QED) is 0.412. The third-order valence-corrected chi connectivity index (χ3v) is 3.30. The van der Waals surface area contributed by atoms with Crippen molar-refractivity contribution in [1.29, 1.82) is 0 Å². The highest BCUT2D eigenvalue weighted by Crippen LogP contribution is 2.32. The van der Waals surface area contributed by atoms with Crippen molar-refractivity contribution in [2.24, 2.45) is 5.84 Å². The molecule has 0 saturated heterocycles. The predicted octanol–water partition coefficient (Wildman–Crippen LogP) is 1.63. The lowest BCUT2D eigenvalue weighted by molar-refractivity contribution is -0.383.